The number of nitrogens with zero attached hydrogens (tertiary/aromatic N) is 4. The van der Waals surface area contributed by atoms with Crippen LogP contribution in [-0.4, -0.2) is 62.3 Å². The van der Waals surface area contributed by atoms with Gasteiger partial charge in [0.25, 0.3) is 5.91 Å². The molecule has 1 amide bonds. The highest BCUT2D eigenvalue weighted by Gasteiger charge is 2.40. The van der Waals surface area contributed by atoms with Gasteiger partial charge in [0.05, 0.1) is 29.5 Å². The lowest BCUT2D eigenvalue weighted by Crippen LogP contribution is -2.45. The number of carbonyl (C=O) groups excluding carboxylic acids is 1. The number of halogens is 1. The first-order valence-corrected chi connectivity index (χ1v) is 11.9. The lowest BCUT2D eigenvalue weighted by molar-refractivity contribution is 0.00636. The van der Waals surface area contributed by atoms with Crippen molar-refractivity contribution in [1.29, 1.82) is 0 Å². The van der Waals surface area contributed by atoms with Crippen molar-refractivity contribution in [1.82, 2.24) is 19.4 Å². The first-order valence-electron chi connectivity index (χ1n) is 11.5. The largest absolute Gasteiger partial charge is 0.375 e. The number of amides is 1. The molecule has 2 N–H and O–H groups in total. The Morgan fingerprint density at radius 1 is 1.25 bits per heavy atom. The Morgan fingerprint density at radius 3 is 2.72 bits per heavy atom. The van der Waals surface area contributed by atoms with Gasteiger partial charge in [-0.1, -0.05) is 29.8 Å². The number of fused-ring (bicyclic) bond motifs is 1. The van der Waals surface area contributed by atoms with Crippen molar-refractivity contribution >= 4 is 23.2 Å². The van der Waals surface area contributed by atoms with E-state index in [1.54, 1.807) is 18.3 Å². The highest BCUT2D eigenvalue weighted by molar-refractivity contribution is 6.33. The van der Waals surface area contributed by atoms with Crippen LogP contribution in [0, 0.1) is 5.92 Å². The van der Waals surface area contributed by atoms with Crippen molar-refractivity contribution < 1.29 is 9.90 Å². The summed E-state index contributed by atoms with van der Waals surface area (Å²) in [5, 5.41) is 14.3. The molecule has 2 aliphatic heterocycles. The molecule has 1 aliphatic carbocycles. The van der Waals surface area contributed by atoms with Gasteiger partial charge < -0.3 is 15.0 Å². The molecule has 5 rings (SSSR count). The van der Waals surface area contributed by atoms with Crippen molar-refractivity contribution in [3.63, 3.8) is 0 Å². The molecular weight excluding hydrogens is 426 g/mol. The average Bonchev–Trinajstić information content (AvgIpc) is 3.50. The smallest absolute Gasteiger partial charge is 0.273 e. The Bertz CT molecular complexity index is 1010. The molecule has 8 heteroatoms. The van der Waals surface area contributed by atoms with Crippen molar-refractivity contribution in [3.05, 3.63) is 59.2 Å². The highest BCUT2D eigenvalue weighted by Crippen LogP contribution is 2.43. The summed E-state index contributed by atoms with van der Waals surface area (Å²) >= 11 is 6.22. The van der Waals surface area contributed by atoms with E-state index in [0.29, 0.717) is 41.5 Å². The van der Waals surface area contributed by atoms with E-state index in [-0.39, 0.29) is 11.9 Å². The highest BCUT2D eigenvalue weighted by atomic mass is 35.5. The third kappa shape index (κ3) is 4.35. The topological polar surface area (TPSA) is 73.6 Å². The van der Waals surface area contributed by atoms with Gasteiger partial charge in [-0.3, -0.25) is 14.6 Å². The number of hydrogen-bond donors (Lipinski definition) is 2. The number of anilines is 1. The Balaban J connectivity index is 1.33. The maximum atomic E-state index is 13.1. The number of aliphatic hydroxyl groups excluding tert-OH is 1. The molecule has 1 unspecified atom stereocenters. The predicted octanol–water partition coefficient (Wildman–Crippen LogP) is 3.52. The van der Waals surface area contributed by atoms with Crippen molar-refractivity contribution in [2.45, 2.75) is 51.0 Å². The van der Waals surface area contributed by atoms with Crippen LogP contribution in [0.4, 0.5) is 5.69 Å². The number of benzene rings is 1. The molecule has 2 fully saturated rings. The molecule has 0 spiro atoms. The van der Waals surface area contributed by atoms with Crippen molar-refractivity contribution in [2.75, 3.05) is 25.0 Å². The van der Waals surface area contributed by atoms with Gasteiger partial charge in [-0.15, -0.1) is 0 Å². The molecule has 2 aromatic rings. The van der Waals surface area contributed by atoms with Gasteiger partial charge in [0.2, 0.25) is 0 Å². The SMILES string of the molecule is C[C@H](/C=C/C(O)N1Cc2ncc(C(=O)Nc3ccccc3Cl)n2[C@H](C2CC2)C1)N1CCC1. The maximum Gasteiger partial charge on any atom is 0.273 e. The van der Waals surface area contributed by atoms with E-state index in [1.807, 2.05) is 18.2 Å². The van der Waals surface area contributed by atoms with Gasteiger partial charge in [0, 0.05) is 12.6 Å². The summed E-state index contributed by atoms with van der Waals surface area (Å²) in [5.41, 5.74) is 1.14. The molecule has 1 aromatic heterocycles. The molecule has 1 saturated carbocycles. The van der Waals surface area contributed by atoms with Crippen LogP contribution in [0.3, 0.4) is 0 Å². The Hall–Kier alpha value is -2.19. The molecule has 1 aromatic carbocycles. The third-order valence-electron chi connectivity index (χ3n) is 6.89. The first kappa shape index (κ1) is 21.6. The van der Waals surface area contributed by atoms with E-state index >= 15 is 0 Å². The fourth-order valence-electron chi connectivity index (χ4n) is 4.67. The number of aromatic nitrogens is 2. The van der Waals surface area contributed by atoms with Crippen LogP contribution in [0.15, 0.2) is 42.6 Å². The van der Waals surface area contributed by atoms with Crippen LogP contribution >= 0.6 is 11.6 Å². The van der Waals surface area contributed by atoms with Gasteiger partial charge >= 0.3 is 0 Å². The number of nitrogens with one attached hydrogen (secondary N) is 1. The quantitative estimate of drug-likeness (QED) is 0.625. The second-order valence-corrected chi connectivity index (χ2v) is 9.53. The second kappa shape index (κ2) is 8.98. The van der Waals surface area contributed by atoms with Crippen molar-refractivity contribution in [3.8, 4) is 0 Å². The maximum absolute atomic E-state index is 13.1. The Labute approximate surface area is 193 Å². The molecule has 3 aliphatic rings. The molecule has 170 valence electrons. The molecular formula is C24H30ClN5O2. The second-order valence-electron chi connectivity index (χ2n) is 9.13. The first-order chi connectivity index (χ1) is 15.5. The summed E-state index contributed by atoms with van der Waals surface area (Å²) in [6.07, 6.45) is 8.51. The normalized spacial score (nSPS) is 23.5. The van der Waals surface area contributed by atoms with E-state index in [9.17, 15) is 9.90 Å². The molecule has 3 heterocycles. The molecule has 7 nitrogen and oxygen atoms in total. The minimum atomic E-state index is -0.661. The van der Waals surface area contributed by atoms with Crippen LogP contribution < -0.4 is 5.32 Å². The number of aliphatic hydroxyl groups is 1. The van der Waals surface area contributed by atoms with Crippen LogP contribution in [0.2, 0.25) is 5.02 Å². The lowest BCUT2D eigenvalue weighted by Gasteiger charge is -2.37. The zero-order valence-electron chi connectivity index (χ0n) is 18.3. The van der Waals surface area contributed by atoms with Crippen LogP contribution in [0.25, 0.3) is 0 Å². The number of carbonyl (C=O) groups is 1. The number of para-hydroxylation sites is 1. The standard InChI is InChI=1S/C24H30ClN5O2/c1-16(28-11-4-12-28)7-10-23(31)29-14-21(17-8-9-17)30-20(13-26-22(30)15-29)24(32)27-19-6-3-2-5-18(19)25/h2-3,5-7,10,13,16-17,21,23,31H,4,8-9,11-12,14-15H2,1H3,(H,27,32)/b10-7+/t16-,21+,23?/m1/s1. The number of hydrogen-bond acceptors (Lipinski definition) is 5. The monoisotopic (exact) mass is 455 g/mol. The van der Waals surface area contributed by atoms with Crippen molar-refractivity contribution in [2.24, 2.45) is 5.92 Å². The summed E-state index contributed by atoms with van der Waals surface area (Å²) in [6.45, 7) is 5.63. The fourth-order valence-corrected chi connectivity index (χ4v) is 4.85. The predicted molar refractivity (Wildman–Crippen MR) is 125 cm³/mol. The van der Waals surface area contributed by atoms with Gasteiger partial charge in [-0.05, 0) is 63.4 Å². The average molecular weight is 456 g/mol. The van der Waals surface area contributed by atoms with E-state index in [2.05, 4.69) is 37.7 Å². The number of imidazole rings is 1. The summed E-state index contributed by atoms with van der Waals surface area (Å²) < 4.78 is 2.08. The van der Waals surface area contributed by atoms with Crippen LogP contribution in [-0.2, 0) is 6.54 Å². The number of likely N-dealkylation sites (tertiary alicyclic amines) is 1. The van der Waals surface area contributed by atoms with E-state index < -0.39 is 6.23 Å². The molecule has 0 radical (unpaired) electrons. The Kier molecular flexibility index (Phi) is 6.07. The number of rotatable bonds is 7. The zero-order valence-corrected chi connectivity index (χ0v) is 19.1. The van der Waals surface area contributed by atoms with E-state index in [1.165, 1.54) is 6.42 Å². The molecule has 0 bridgehead atoms. The third-order valence-corrected chi connectivity index (χ3v) is 7.22. The molecule has 1 saturated heterocycles. The van der Waals surface area contributed by atoms with Gasteiger partial charge in [0.15, 0.2) is 0 Å². The molecule has 3 atom stereocenters. The fraction of sp³-hybridized carbons (Fsp3) is 0.500. The zero-order chi connectivity index (χ0) is 22.2. The minimum absolute atomic E-state index is 0.129. The van der Waals surface area contributed by atoms with Gasteiger partial charge in [-0.2, -0.15) is 0 Å². The Morgan fingerprint density at radius 2 is 2.03 bits per heavy atom. The summed E-state index contributed by atoms with van der Waals surface area (Å²) in [4.78, 5) is 22.1. The summed E-state index contributed by atoms with van der Waals surface area (Å²) in [5.74, 6) is 1.12. The van der Waals surface area contributed by atoms with Gasteiger partial charge in [0.1, 0.15) is 17.7 Å². The van der Waals surface area contributed by atoms with Crippen LogP contribution in [0.5, 0.6) is 0 Å². The minimum Gasteiger partial charge on any atom is -0.375 e. The van der Waals surface area contributed by atoms with Gasteiger partial charge in [-0.25, -0.2) is 4.98 Å². The lowest BCUT2D eigenvalue weighted by atomic mass is 10.1. The summed E-state index contributed by atoms with van der Waals surface area (Å²) in [7, 11) is 0. The van der Waals surface area contributed by atoms with E-state index in [0.717, 1.165) is 31.8 Å². The van der Waals surface area contributed by atoms with Crippen LogP contribution in [0.1, 0.15) is 48.5 Å². The summed E-state index contributed by atoms with van der Waals surface area (Å²) in [6, 6.07) is 7.69. The molecule has 32 heavy (non-hydrogen) atoms. The van der Waals surface area contributed by atoms with E-state index in [4.69, 9.17) is 11.6 Å².